The van der Waals surface area contributed by atoms with Crippen LogP contribution in [0.25, 0.3) is 11.1 Å². The van der Waals surface area contributed by atoms with Crippen molar-refractivity contribution in [3.8, 4) is 16.9 Å². The van der Waals surface area contributed by atoms with E-state index in [0.29, 0.717) is 5.56 Å². The number of esters is 2. The summed E-state index contributed by atoms with van der Waals surface area (Å²) in [7, 11) is -3.54. The van der Waals surface area contributed by atoms with E-state index in [1.165, 1.54) is 25.1 Å². The normalized spacial score (nSPS) is 11.0. The van der Waals surface area contributed by atoms with Gasteiger partial charge in [0.25, 0.3) is 10.0 Å². The Labute approximate surface area is 213 Å². The number of carbonyl (C=O) groups excluding carboxylic acids is 2. The molecule has 3 aromatic rings. The number of halogens is 2. The standard InChI is InChI=1S/C26H23ClFNO6S/c1-4-13-29(22-15-18(11-12-21(22)28)17-9-7-6-8-10-17)36(32,33)23-16-19(26(31)34-3)14-20(27)25(23)35-24(30)5-2/h4,6-12,14-16H,1,5,13H2,2-3H3. The number of methoxy groups -OCH3 is 1. The van der Waals surface area contributed by atoms with Crippen LogP contribution in [0, 0.1) is 5.82 Å². The zero-order valence-electron chi connectivity index (χ0n) is 19.5. The molecule has 0 aliphatic carbocycles. The Morgan fingerprint density at radius 2 is 1.78 bits per heavy atom. The fourth-order valence-corrected chi connectivity index (χ4v) is 5.27. The first-order chi connectivity index (χ1) is 17.1. The van der Waals surface area contributed by atoms with Crippen LogP contribution in [-0.4, -0.2) is 34.0 Å². The van der Waals surface area contributed by atoms with Gasteiger partial charge in [-0.15, -0.1) is 6.58 Å². The molecule has 0 aliphatic heterocycles. The SMILES string of the molecule is C=CCN(c1cc(-c2ccccc2)ccc1F)S(=O)(=O)c1cc(C(=O)OC)cc(Cl)c1OC(=O)CC. The Hall–Kier alpha value is -3.69. The highest BCUT2D eigenvalue weighted by atomic mass is 35.5. The number of rotatable bonds is 9. The Balaban J connectivity index is 2.26. The van der Waals surface area contributed by atoms with Gasteiger partial charge in [-0.2, -0.15) is 0 Å². The molecule has 0 saturated carbocycles. The molecule has 0 aliphatic rings. The van der Waals surface area contributed by atoms with E-state index >= 15 is 4.39 Å². The van der Waals surface area contributed by atoms with Gasteiger partial charge in [0.1, 0.15) is 10.7 Å². The third kappa shape index (κ3) is 5.58. The second-order valence-corrected chi connectivity index (χ2v) is 9.70. The van der Waals surface area contributed by atoms with Crippen molar-refractivity contribution in [2.45, 2.75) is 18.2 Å². The first-order valence-corrected chi connectivity index (χ1v) is 12.6. The molecule has 3 aromatic carbocycles. The summed E-state index contributed by atoms with van der Waals surface area (Å²) in [6, 6.07) is 15.2. The predicted octanol–water partition coefficient (Wildman–Crippen LogP) is 5.63. The van der Waals surface area contributed by atoms with Gasteiger partial charge in [0.05, 0.1) is 29.9 Å². The van der Waals surface area contributed by atoms with E-state index in [9.17, 15) is 18.0 Å². The van der Waals surface area contributed by atoms with E-state index in [1.54, 1.807) is 24.3 Å². The first kappa shape index (κ1) is 26.9. The van der Waals surface area contributed by atoms with Gasteiger partial charge in [-0.05, 0) is 35.4 Å². The minimum Gasteiger partial charge on any atom is -0.465 e. The molecule has 0 spiro atoms. The zero-order chi connectivity index (χ0) is 26.5. The van der Waals surface area contributed by atoms with E-state index in [-0.39, 0.29) is 29.2 Å². The van der Waals surface area contributed by atoms with E-state index in [1.807, 2.05) is 6.07 Å². The lowest BCUT2D eigenvalue weighted by Gasteiger charge is -2.25. The van der Waals surface area contributed by atoms with Crippen LogP contribution in [0.1, 0.15) is 23.7 Å². The van der Waals surface area contributed by atoms with Gasteiger partial charge in [-0.3, -0.25) is 9.10 Å². The molecule has 36 heavy (non-hydrogen) atoms. The summed E-state index contributed by atoms with van der Waals surface area (Å²) in [6.07, 6.45) is 1.20. The van der Waals surface area contributed by atoms with Crippen molar-refractivity contribution < 1.29 is 31.9 Å². The zero-order valence-corrected chi connectivity index (χ0v) is 21.1. The van der Waals surface area contributed by atoms with Crippen LogP contribution in [-0.2, 0) is 19.6 Å². The number of benzene rings is 3. The number of hydrogen-bond acceptors (Lipinski definition) is 6. The Kier molecular flexibility index (Phi) is 8.49. The summed E-state index contributed by atoms with van der Waals surface area (Å²) < 4.78 is 53.6. The van der Waals surface area contributed by atoms with Crippen LogP contribution in [0.4, 0.5) is 10.1 Å². The first-order valence-electron chi connectivity index (χ1n) is 10.7. The summed E-state index contributed by atoms with van der Waals surface area (Å²) in [4.78, 5) is 23.6. The molecule has 0 unspecified atom stereocenters. The van der Waals surface area contributed by atoms with Crippen LogP contribution < -0.4 is 9.04 Å². The third-order valence-electron chi connectivity index (χ3n) is 5.12. The van der Waals surface area contributed by atoms with E-state index in [4.69, 9.17) is 16.3 Å². The van der Waals surface area contributed by atoms with Crippen LogP contribution in [0.15, 0.2) is 78.2 Å². The van der Waals surface area contributed by atoms with Gasteiger partial charge in [-0.25, -0.2) is 17.6 Å². The Morgan fingerprint density at radius 1 is 1.08 bits per heavy atom. The molecule has 7 nitrogen and oxygen atoms in total. The average Bonchev–Trinajstić information content (AvgIpc) is 2.88. The molecule has 0 heterocycles. The maximum Gasteiger partial charge on any atom is 0.337 e. The van der Waals surface area contributed by atoms with Crippen molar-refractivity contribution in [3.63, 3.8) is 0 Å². The molecule has 0 amide bonds. The van der Waals surface area contributed by atoms with Crippen molar-refractivity contribution in [2.24, 2.45) is 0 Å². The van der Waals surface area contributed by atoms with Crippen LogP contribution in [0.2, 0.25) is 5.02 Å². The van der Waals surface area contributed by atoms with E-state index in [0.717, 1.165) is 35.2 Å². The number of carbonyl (C=O) groups is 2. The summed E-state index contributed by atoms with van der Waals surface area (Å²) in [5.74, 6) is -2.92. The molecule has 0 fully saturated rings. The van der Waals surface area contributed by atoms with Crippen molar-refractivity contribution >= 4 is 39.3 Å². The van der Waals surface area contributed by atoms with Gasteiger partial charge in [0, 0.05) is 6.42 Å². The van der Waals surface area contributed by atoms with Crippen molar-refractivity contribution in [1.82, 2.24) is 0 Å². The maximum absolute atomic E-state index is 15.1. The van der Waals surface area contributed by atoms with Crippen molar-refractivity contribution in [1.29, 1.82) is 0 Å². The minimum atomic E-state index is -4.66. The van der Waals surface area contributed by atoms with Crippen LogP contribution >= 0.6 is 11.6 Å². The van der Waals surface area contributed by atoms with E-state index < -0.39 is 38.4 Å². The molecule has 0 radical (unpaired) electrons. The van der Waals surface area contributed by atoms with Gasteiger partial charge in [0.2, 0.25) is 0 Å². The Bertz CT molecular complexity index is 1410. The van der Waals surface area contributed by atoms with Gasteiger partial charge in [0.15, 0.2) is 5.75 Å². The molecule has 0 atom stereocenters. The van der Waals surface area contributed by atoms with Crippen molar-refractivity contribution in [3.05, 3.63) is 89.7 Å². The van der Waals surface area contributed by atoms with Gasteiger partial charge >= 0.3 is 11.9 Å². The molecule has 188 valence electrons. The fourth-order valence-electron chi connectivity index (χ4n) is 3.36. The molecule has 0 aromatic heterocycles. The monoisotopic (exact) mass is 531 g/mol. The number of sulfonamides is 1. The number of anilines is 1. The van der Waals surface area contributed by atoms with E-state index in [2.05, 4.69) is 11.3 Å². The molecule has 3 rings (SSSR count). The van der Waals surface area contributed by atoms with Crippen LogP contribution in [0.3, 0.4) is 0 Å². The molecule has 0 N–H and O–H groups in total. The third-order valence-corrected chi connectivity index (χ3v) is 7.19. The van der Waals surface area contributed by atoms with Crippen molar-refractivity contribution in [2.75, 3.05) is 18.0 Å². The minimum absolute atomic E-state index is 0.0707. The number of hydrogen-bond donors (Lipinski definition) is 0. The second-order valence-electron chi connectivity index (χ2n) is 7.46. The highest BCUT2D eigenvalue weighted by Crippen LogP contribution is 2.38. The molecular formula is C26H23ClFNO6S. The molecule has 10 heteroatoms. The summed E-state index contributed by atoms with van der Waals surface area (Å²) in [5.41, 5.74) is 0.830. The highest BCUT2D eigenvalue weighted by Gasteiger charge is 2.33. The number of ether oxygens (including phenoxy) is 2. The Morgan fingerprint density at radius 3 is 2.39 bits per heavy atom. The highest BCUT2D eigenvalue weighted by molar-refractivity contribution is 7.93. The van der Waals surface area contributed by atoms with Gasteiger partial charge in [-0.1, -0.05) is 61.0 Å². The van der Waals surface area contributed by atoms with Gasteiger partial charge < -0.3 is 9.47 Å². The summed E-state index contributed by atoms with van der Waals surface area (Å²) in [5, 5.41) is -0.310. The fraction of sp³-hybridized carbons (Fsp3) is 0.154. The van der Waals surface area contributed by atoms with Crippen LogP contribution in [0.5, 0.6) is 5.75 Å². The average molecular weight is 532 g/mol. The summed E-state index contributed by atoms with van der Waals surface area (Å²) in [6.45, 7) is 4.77. The lowest BCUT2D eigenvalue weighted by Crippen LogP contribution is -2.32. The second kappa shape index (κ2) is 11.4. The topological polar surface area (TPSA) is 90.0 Å². The molecule has 0 saturated heterocycles. The smallest absolute Gasteiger partial charge is 0.337 e. The number of nitrogens with zero attached hydrogens (tertiary/aromatic N) is 1. The molecule has 0 bridgehead atoms. The maximum atomic E-state index is 15.1. The quantitative estimate of drug-likeness (QED) is 0.202. The summed E-state index contributed by atoms with van der Waals surface area (Å²) >= 11 is 6.24. The lowest BCUT2D eigenvalue weighted by atomic mass is 10.1. The molecular weight excluding hydrogens is 509 g/mol. The predicted molar refractivity (Wildman–Crippen MR) is 135 cm³/mol. The lowest BCUT2D eigenvalue weighted by molar-refractivity contribution is -0.134. The largest absolute Gasteiger partial charge is 0.465 e.